The molecule has 0 saturated heterocycles. The minimum Gasteiger partial charge on any atom is -0.546 e. The van der Waals surface area contributed by atoms with Crippen LogP contribution in [0.25, 0.3) is 22.6 Å². The van der Waals surface area contributed by atoms with Gasteiger partial charge in [0.25, 0.3) is 0 Å². The van der Waals surface area contributed by atoms with Gasteiger partial charge in [-0.25, -0.2) is 13.8 Å². The maximum Gasteiger partial charge on any atom is 1.00 e. The fourth-order valence-corrected chi connectivity index (χ4v) is 2.63. The van der Waals surface area contributed by atoms with E-state index in [0.29, 0.717) is 23.4 Å². The molecule has 0 N–H and O–H groups in total. The summed E-state index contributed by atoms with van der Waals surface area (Å²) in [6, 6.07) is 10.9. The van der Waals surface area contributed by atoms with Crippen molar-refractivity contribution in [3.05, 3.63) is 60.2 Å². The van der Waals surface area contributed by atoms with Crippen LogP contribution in [0.3, 0.4) is 0 Å². The second kappa shape index (κ2) is 10.2. The van der Waals surface area contributed by atoms with Gasteiger partial charge < -0.3 is 19.4 Å². The Morgan fingerprint density at radius 2 is 1.68 bits per heavy atom. The van der Waals surface area contributed by atoms with Crippen LogP contribution >= 0.6 is 0 Å². The molecule has 156 valence electrons. The summed E-state index contributed by atoms with van der Waals surface area (Å²) in [4.78, 5) is 20.1. The van der Waals surface area contributed by atoms with Crippen molar-refractivity contribution in [2.45, 2.75) is 26.4 Å². The summed E-state index contributed by atoms with van der Waals surface area (Å²) in [6.45, 7) is 4.71. The Balaban J connectivity index is 0.00000341. The summed E-state index contributed by atoms with van der Waals surface area (Å²) < 4.78 is 38.1. The molecule has 2 aromatic carbocycles. The molecule has 0 saturated carbocycles. The van der Waals surface area contributed by atoms with Crippen molar-refractivity contribution in [3.8, 4) is 34.3 Å². The number of aromatic nitrogens is 2. The van der Waals surface area contributed by atoms with Crippen molar-refractivity contribution in [1.29, 1.82) is 0 Å². The number of nitrogens with zero attached hydrogens (tertiary/aromatic N) is 2. The molecule has 0 radical (unpaired) electrons. The molecule has 6 nitrogen and oxygen atoms in total. The van der Waals surface area contributed by atoms with Gasteiger partial charge in [-0.2, -0.15) is 4.98 Å². The summed E-state index contributed by atoms with van der Waals surface area (Å²) >= 11 is 0. The van der Waals surface area contributed by atoms with Crippen molar-refractivity contribution in [3.63, 3.8) is 0 Å². The van der Waals surface area contributed by atoms with Gasteiger partial charge in [0.05, 0.1) is 18.3 Å². The molecule has 0 amide bonds. The maximum atomic E-state index is 13.7. The minimum atomic E-state index is -1.67. The Morgan fingerprint density at radius 3 is 2.29 bits per heavy atom. The Kier molecular flexibility index (Phi) is 8.11. The van der Waals surface area contributed by atoms with E-state index in [1.54, 1.807) is 6.92 Å². The van der Waals surface area contributed by atoms with E-state index in [1.807, 2.05) is 0 Å². The monoisotopic (exact) mass is 436 g/mol. The number of aliphatic carboxylic acids is 1. The van der Waals surface area contributed by atoms with E-state index in [4.69, 9.17) is 9.47 Å². The molecule has 0 atom stereocenters. The summed E-state index contributed by atoms with van der Waals surface area (Å²) in [5.74, 6) is -1.95. The summed E-state index contributed by atoms with van der Waals surface area (Å²) in [5.41, 5.74) is -0.413. The van der Waals surface area contributed by atoms with Gasteiger partial charge in [0, 0.05) is 23.3 Å². The zero-order chi connectivity index (χ0) is 21.9. The molecule has 0 aliphatic rings. The van der Waals surface area contributed by atoms with E-state index in [9.17, 15) is 18.7 Å². The van der Waals surface area contributed by atoms with Crippen LogP contribution in [0.2, 0.25) is 0 Å². The first-order valence-corrected chi connectivity index (χ1v) is 9.18. The van der Waals surface area contributed by atoms with Crippen LogP contribution in [0.1, 0.15) is 20.8 Å². The summed E-state index contributed by atoms with van der Waals surface area (Å²) in [6.07, 6.45) is 0. The van der Waals surface area contributed by atoms with Gasteiger partial charge in [-0.05, 0) is 57.2 Å². The van der Waals surface area contributed by atoms with E-state index in [1.165, 1.54) is 62.4 Å². The number of carboxylic acid groups (broad SMARTS) is 1. The van der Waals surface area contributed by atoms with E-state index in [2.05, 4.69) is 9.97 Å². The summed E-state index contributed by atoms with van der Waals surface area (Å²) in [5, 5.41) is 11.4. The van der Waals surface area contributed by atoms with Crippen LogP contribution in [0, 0.1) is 11.6 Å². The number of carboxylic acids is 1. The molecule has 0 aliphatic heterocycles. The molecule has 1 aromatic heterocycles. The van der Waals surface area contributed by atoms with E-state index < -0.39 is 23.2 Å². The average Bonchev–Trinajstić information content (AvgIpc) is 2.68. The first-order valence-electron chi connectivity index (χ1n) is 9.18. The number of halogens is 2. The molecule has 0 unspecified atom stereocenters. The molecule has 31 heavy (non-hydrogen) atoms. The number of ether oxygens (including phenoxy) is 2. The Morgan fingerprint density at radius 1 is 1.03 bits per heavy atom. The van der Waals surface area contributed by atoms with Gasteiger partial charge in [-0.3, -0.25) is 0 Å². The number of carbonyl (C=O) groups is 1. The molecule has 1 heterocycles. The van der Waals surface area contributed by atoms with E-state index in [0.717, 1.165) is 0 Å². The molecule has 9 heteroatoms. The minimum absolute atomic E-state index is 0. The fraction of sp³-hybridized carbons (Fsp3) is 0.227. The molecule has 3 rings (SSSR count). The SMILES string of the molecule is CCOc1cc(F)ccc1-c1cc(OC(C)(C)C(=O)[O-])nc(-c2ccc(F)cc2)n1.[Na+]. The van der Waals surface area contributed by atoms with Crippen LogP contribution < -0.4 is 44.1 Å². The van der Waals surface area contributed by atoms with E-state index >= 15 is 0 Å². The Bertz CT molecular complexity index is 1080. The van der Waals surface area contributed by atoms with Gasteiger partial charge in [0.15, 0.2) is 5.82 Å². The van der Waals surface area contributed by atoms with Crippen LogP contribution in [0.5, 0.6) is 11.6 Å². The number of carbonyl (C=O) groups excluding carboxylic acids is 1. The van der Waals surface area contributed by atoms with Crippen molar-refractivity contribution in [2.75, 3.05) is 6.61 Å². The predicted molar refractivity (Wildman–Crippen MR) is 104 cm³/mol. The molecule has 3 aromatic rings. The third kappa shape index (κ3) is 6.00. The zero-order valence-electron chi connectivity index (χ0n) is 17.6. The molecule has 0 fully saturated rings. The van der Waals surface area contributed by atoms with Crippen LogP contribution in [-0.4, -0.2) is 28.1 Å². The molecule has 0 spiro atoms. The summed E-state index contributed by atoms with van der Waals surface area (Å²) in [7, 11) is 0. The van der Waals surface area contributed by atoms with Crippen molar-refractivity contribution >= 4 is 5.97 Å². The molecule has 0 bridgehead atoms. The van der Waals surface area contributed by atoms with Crippen molar-refractivity contribution in [1.82, 2.24) is 9.97 Å². The number of rotatable bonds is 7. The van der Waals surface area contributed by atoms with E-state index in [-0.39, 0.29) is 47.0 Å². The zero-order valence-corrected chi connectivity index (χ0v) is 19.6. The van der Waals surface area contributed by atoms with Gasteiger partial charge in [0.2, 0.25) is 5.88 Å². The predicted octanol–water partition coefficient (Wildman–Crippen LogP) is 0.399. The second-order valence-corrected chi connectivity index (χ2v) is 6.90. The second-order valence-electron chi connectivity index (χ2n) is 6.90. The van der Waals surface area contributed by atoms with Crippen molar-refractivity contribution in [2.24, 2.45) is 0 Å². The number of benzene rings is 2. The average molecular weight is 436 g/mol. The quantitative estimate of drug-likeness (QED) is 0.499. The van der Waals surface area contributed by atoms with Gasteiger partial charge in [0.1, 0.15) is 23.0 Å². The van der Waals surface area contributed by atoms with Crippen LogP contribution in [-0.2, 0) is 4.79 Å². The Labute approximate surface area is 200 Å². The standard InChI is InChI=1S/C22H20F2N2O4.Na/c1-4-29-18-11-15(24)9-10-16(18)17-12-19(30-22(2,3)21(27)28)26-20(25-17)13-5-7-14(23)8-6-13;/h5-12H,4H2,1-3H3,(H,27,28);/q;+1/p-1. The number of hydrogen-bond acceptors (Lipinski definition) is 6. The van der Waals surface area contributed by atoms with Crippen LogP contribution in [0.4, 0.5) is 8.78 Å². The molecule has 0 aliphatic carbocycles. The normalized spacial score (nSPS) is 10.9. The topological polar surface area (TPSA) is 84.4 Å². The molecular formula is C22H19F2N2NaO4. The van der Waals surface area contributed by atoms with Gasteiger partial charge in [-0.15, -0.1) is 0 Å². The Hall–Kier alpha value is -2.55. The first-order chi connectivity index (χ1) is 14.2. The maximum absolute atomic E-state index is 13.7. The van der Waals surface area contributed by atoms with Gasteiger partial charge in [-0.1, -0.05) is 0 Å². The van der Waals surface area contributed by atoms with Gasteiger partial charge >= 0.3 is 29.6 Å². The first kappa shape index (κ1) is 24.7. The third-order valence-corrected chi connectivity index (χ3v) is 4.18. The third-order valence-electron chi connectivity index (χ3n) is 4.18. The largest absolute Gasteiger partial charge is 1.00 e. The smallest absolute Gasteiger partial charge is 0.546 e. The fourth-order valence-electron chi connectivity index (χ4n) is 2.63. The van der Waals surface area contributed by atoms with Crippen molar-refractivity contribution < 1.29 is 57.7 Å². The van der Waals surface area contributed by atoms with Crippen LogP contribution in [0.15, 0.2) is 48.5 Å². The molecular weight excluding hydrogens is 417 g/mol. The number of hydrogen-bond donors (Lipinski definition) is 0.